The third kappa shape index (κ3) is 6.92. The summed E-state index contributed by atoms with van der Waals surface area (Å²) < 4.78 is 123. The fourth-order valence-electron chi connectivity index (χ4n) is 4.14. The van der Waals surface area contributed by atoms with Gasteiger partial charge in [-0.3, -0.25) is 9.59 Å². The highest BCUT2D eigenvalue weighted by molar-refractivity contribution is 6.11. The third-order valence-corrected chi connectivity index (χ3v) is 6.29. The van der Waals surface area contributed by atoms with Gasteiger partial charge in [0.15, 0.2) is 0 Å². The Hall–Kier alpha value is -4.56. The molecule has 0 unspecified atom stereocenters. The quantitative estimate of drug-likeness (QED) is 0.207. The van der Waals surface area contributed by atoms with Crippen molar-refractivity contribution in [3.8, 4) is 22.5 Å². The Morgan fingerprint density at radius 3 is 2.16 bits per heavy atom. The molecular weight excluding hydrogens is 597 g/mol. The molecule has 0 aliphatic carbocycles. The Labute approximate surface area is 236 Å². The average molecular weight is 617 g/mol. The molecule has 228 valence electrons. The molecule has 43 heavy (non-hydrogen) atoms. The number of nitrogens with one attached hydrogen (secondary N) is 2. The van der Waals surface area contributed by atoms with Gasteiger partial charge in [0.1, 0.15) is 11.6 Å². The van der Waals surface area contributed by atoms with E-state index in [2.05, 4.69) is 10.3 Å². The summed E-state index contributed by atoms with van der Waals surface area (Å²) in [7, 11) is 1.31. The highest BCUT2D eigenvalue weighted by atomic mass is 19.4. The molecule has 0 saturated heterocycles. The molecule has 0 aliphatic rings. The van der Waals surface area contributed by atoms with E-state index in [-0.39, 0.29) is 50.4 Å². The smallest absolute Gasteiger partial charge is 0.437 e. The zero-order valence-corrected chi connectivity index (χ0v) is 21.9. The first-order chi connectivity index (χ1) is 20.0. The molecule has 0 spiro atoms. The van der Waals surface area contributed by atoms with Crippen molar-refractivity contribution in [3.05, 3.63) is 77.2 Å². The number of hydrogen-bond acceptors (Lipinski definition) is 4. The van der Waals surface area contributed by atoms with Gasteiger partial charge in [-0.1, -0.05) is 12.1 Å². The standard InChI is InChI=1S/C28H20F9N3O3/c1-38-24(42)21-19-12-18(15-3-2-4-16(11-15)23(41)39-13-26(30,31)28(35,36)37)20(9-10-27(32,33)34)40-25(19)43-22(21)14-5-7-17(29)8-6-14/h2-8,11-12H,9-10,13H2,1H3,(H,38,42)(H,39,41). The van der Waals surface area contributed by atoms with Gasteiger partial charge in [0.2, 0.25) is 5.71 Å². The molecule has 4 aromatic rings. The molecular formula is C28H20F9N3O3. The van der Waals surface area contributed by atoms with Crippen LogP contribution in [0.15, 0.2) is 59.0 Å². The first kappa shape index (κ1) is 31.4. The van der Waals surface area contributed by atoms with Crippen molar-refractivity contribution >= 4 is 22.9 Å². The van der Waals surface area contributed by atoms with Crippen LogP contribution in [0.4, 0.5) is 39.5 Å². The van der Waals surface area contributed by atoms with Gasteiger partial charge >= 0.3 is 18.3 Å². The number of fused-ring (bicyclic) bond motifs is 1. The van der Waals surface area contributed by atoms with Crippen LogP contribution in [0.1, 0.15) is 32.8 Å². The van der Waals surface area contributed by atoms with Gasteiger partial charge in [-0.15, -0.1) is 0 Å². The summed E-state index contributed by atoms with van der Waals surface area (Å²) in [6.07, 6.45) is -12.5. The van der Waals surface area contributed by atoms with E-state index in [0.717, 1.165) is 24.3 Å². The Morgan fingerprint density at radius 2 is 1.56 bits per heavy atom. The zero-order chi connectivity index (χ0) is 31.7. The van der Waals surface area contributed by atoms with Crippen molar-refractivity contribution < 1.29 is 53.5 Å². The second-order valence-corrected chi connectivity index (χ2v) is 9.31. The summed E-state index contributed by atoms with van der Waals surface area (Å²) >= 11 is 0. The summed E-state index contributed by atoms with van der Waals surface area (Å²) in [4.78, 5) is 29.6. The van der Waals surface area contributed by atoms with Crippen LogP contribution in [0, 0.1) is 5.82 Å². The number of benzene rings is 2. The second kappa shape index (κ2) is 11.6. The van der Waals surface area contributed by atoms with Crippen molar-refractivity contribution in [2.75, 3.05) is 13.6 Å². The molecule has 4 rings (SSSR count). The minimum atomic E-state index is -5.91. The van der Waals surface area contributed by atoms with E-state index in [1.165, 1.54) is 42.7 Å². The number of hydrogen-bond donors (Lipinski definition) is 2. The zero-order valence-electron chi connectivity index (χ0n) is 21.9. The second-order valence-electron chi connectivity index (χ2n) is 9.31. The van der Waals surface area contributed by atoms with Crippen LogP contribution >= 0.6 is 0 Å². The molecule has 2 amide bonds. The lowest BCUT2D eigenvalue weighted by Crippen LogP contribution is -2.46. The van der Waals surface area contributed by atoms with Crippen LogP contribution in [-0.2, 0) is 6.42 Å². The van der Waals surface area contributed by atoms with E-state index >= 15 is 0 Å². The van der Waals surface area contributed by atoms with Crippen LogP contribution in [-0.4, -0.2) is 48.7 Å². The molecule has 0 aliphatic heterocycles. The maximum absolute atomic E-state index is 13.5. The molecule has 2 aromatic heterocycles. The Morgan fingerprint density at radius 1 is 0.884 bits per heavy atom. The molecule has 0 atom stereocenters. The van der Waals surface area contributed by atoms with Crippen molar-refractivity contribution in [3.63, 3.8) is 0 Å². The van der Waals surface area contributed by atoms with Crippen LogP contribution < -0.4 is 10.6 Å². The summed E-state index contributed by atoms with van der Waals surface area (Å²) in [5.74, 6) is -7.82. The number of aryl methyl sites for hydroxylation is 1. The van der Waals surface area contributed by atoms with Crippen molar-refractivity contribution in [2.24, 2.45) is 0 Å². The highest BCUT2D eigenvalue weighted by Gasteiger charge is 2.57. The Bertz CT molecular complexity index is 1660. The van der Waals surface area contributed by atoms with Crippen molar-refractivity contribution in [1.29, 1.82) is 0 Å². The highest BCUT2D eigenvalue weighted by Crippen LogP contribution is 2.38. The van der Waals surface area contributed by atoms with Gasteiger partial charge in [0, 0.05) is 30.2 Å². The molecule has 0 bridgehead atoms. The number of alkyl halides is 8. The number of halogens is 9. The number of furan rings is 1. The number of pyridine rings is 1. The van der Waals surface area contributed by atoms with Crippen LogP contribution in [0.2, 0.25) is 0 Å². The van der Waals surface area contributed by atoms with Gasteiger partial charge in [0.05, 0.1) is 23.2 Å². The largest absolute Gasteiger partial charge is 0.455 e. The van der Waals surface area contributed by atoms with Gasteiger partial charge in [-0.05, 0) is 54.4 Å². The number of rotatable bonds is 8. The maximum Gasteiger partial charge on any atom is 0.455 e. The lowest BCUT2D eigenvalue weighted by molar-refractivity contribution is -0.278. The Kier molecular flexibility index (Phi) is 8.47. The third-order valence-electron chi connectivity index (χ3n) is 6.29. The van der Waals surface area contributed by atoms with E-state index in [0.29, 0.717) is 0 Å². The molecule has 0 saturated carbocycles. The summed E-state index contributed by atoms with van der Waals surface area (Å²) in [6.45, 7) is -2.04. The van der Waals surface area contributed by atoms with Crippen LogP contribution in [0.25, 0.3) is 33.6 Å². The number of carbonyl (C=O) groups excluding carboxylic acids is 2. The van der Waals surface area contributed by atoms with Gasteiger partial charge in [-0.25, -0.2) is 9.37 Å². The minimum absolute atomic E-state index is 0.00336. The monoisotopic (exact) mass is 617 g/mol. The summed E-state index contributed by atoms with van der Waals surface area (Å²) in [6, 6.07) is 10.9. The van der Waals surface area contributed by atoms with Gasteiger partial charge in [-0.2, -0.15) is 35.1 Å². The first-order valence-electron chi connectivity index (χ1n) is 12.3. The molecule has 2 heterocycles. The molecule has 0 radical (unpaired) electrons. The lowest BCUT2D eigenvalue weighted by atomic mass is 9.96. The van der Waals surface area contributed by atoms with Gasteiger partial charge < -0.3 is 15.1 Å². The predicted molar refractivity (Wildman–Crippen MR) is 136 cm³/mol. The SMILES string of the molecule is CNC(=O)c1c(-c2ccc(F)cc2)oc2nc(CCC(F)(F)F)c(-c3cccc(C(=O)NCC(F)(F)C(F)(F)F)c3)cc12. The normalized spacial score (nSPS) is 12.4. The molecule has 2 N–H and O–H groups in total. The fraction of sp³-hybridized carbons (Fsp3) is 0.250. The van der Waals surface area contributed by atoms with Crippen molar-refractivity contribution in [2.45, 2.75) is 31.1 Å². The van der Waals surface area contributed by atoms with E-state index < -0.39 is 55.3 Å². The molecule has 15 heteroatoms. The van der Waals surface area contributed by atoms with Crippen LogP contribution in [0.5, 0.6) is 0 Å². The van der Waals surface area contributed by atoms with Crippen LogP contribution in [0.3, 0.4) is 0 Å². The summed E-state index contributed by atoms with van der Waals surface area (Å²) in [5.41, 5.74) is -0.536. The Balaban J connectivity index is 1.84. The summed E-state index contributed by atoms with van der Waals surface area (Å²) in [5, 5.41) is 3.97. The molecule has 6 nitrogen and oxygen atoms in total. The first-order valence-corrected chi connectivity index (χ1v) is 12.3. The number of carbonyl (C=O) groups is 2. The average Bonchev–Trinajstić information content (AvgIpc) is 3.31. The number of aromatic nitrogens is 1. The van der Waals surface area contributed by atoms with E-state index in [9.17, 15) is 49.1 Å². The van der Waals surface area contributed by atoms with E-state index in [1.54, 1.807) is 0 Å². The number of nitrogens with zero attached hydrogens (tertiary/aromatic N) is 1. The van der Waals surface area contributed by atoms with E-state index in [1.807, 2.05) is 0 Å². The maximum atomic E-state index is 13.5. The van der Waals surface area contributed by atoms with Gasteiger partial charge in [0.25, 0.3) is 11.8 Å². The van der Waals surface area contributed by atoms with E-state index in [4.69, 9.17) is 4.42 Å². The predicted octanol–water partition coefficient (Wildman–Crippen LogP) is 7.08. The number of amides is 2. The fourth-order valence-corrected chi connectivity index (χ4v) is 4.14. The lowest BCUT2D eigenvalue weighted by Gasteiger charge is -2.19. The molecule has 0 fully saturated rings. The molecule has 2 aromatic carbocycles. The van der Waals surface area contributed by atoms with Crippen molar-refractivity contribution in [1.82, 2.24) is 15.6 Å². The minimum Gasteiger partial charge on any atom is -0.437 e. The topological polar surface area (TPSA) is 84.2 Å².